The van der Waals surface area contributed by atoms with Crippen molar-refractivity contribution >= 4 is 11.3 Å². The van der Waals surface area contributed by atoms with Crippen LogP contribution in [0.2, 0.25) is 0 Å². The fourth-order valence-corrected chi connectivity index (χ4v) is 2.09. The zero-order valence-electron chi connectivity index (χ0n) is 8.46. The third kappa shape index (κ3) is 3.21. The van der Waals surface area contributed by atoms with E-state index < -0.39 is 11.3 Å². The van der Waals surface area contributed by atoms with Crippen LogP contribution in [-0.4, -0.2) is 24.6 Å². The summed E-state index contributed by atoms with van der Waals surface area (Å²) in [5, 5.41) is 0. The normalized spacial score (nSPS) is 17.9. The lowest BCUT2D eigenvalue weighted by molar-refractivity contribution is 0.190. The second-order valence-corrected chi connectivity index (χ2v) is 4.80. The van der Waals surface area contributed by atoms with Gasteiger partial charge in [-0.2, -0.15) is 0 Å². The van der Waals surface area contributed by atoms with Crippen LogP contribution in [0.15, 0.2) is 0 Å². The highest BCUT2D eigenvalue weighted by Crippen LogP contribution is 2.19. The van der Waals surface area contributed by atoms with Crippen LogP contribution in [0.4, 0.5) is 0 Å². The molecule has 4 heteroatoms. The lowest BCUT2D eigenvalue weighted by Gasteiger charge is -2.40. The first-order valence-corrected chi connectivity index (χ1v) is 5.22. The molecule has 0 radical (unpaired) electrons. The van der Waals surface area contributed by atoms with E-state index in [2.05, 4.69) is 0 Å². The van der Waals surface area contributed by atoms with Crippen LogP contribution < -0.4 is 0 Å². The molecule has 0 bridgehead atoms. The molecule has 3 nitrogen and oxygen atoms in total. The predicted octanol–water partition coefficient (Wildman–Crippen LogP) is 1.68. The smallest absolute Gasteiger partial charge is 0.0244 e. The summed E-state index contributed by atoms with van der Waals surface area (Å²) in [6.45, 7) is 9.59. The molecule has 0 saturated heterocycles. The zero-order chi connectivity index (χ0) is 9.94. The highest BCUT2D eigenvalue weighted by molar-refractivity contribution is 7.76. The average molecular weight is 192 g/mol. The van der Waals surface area contributed by atoms with Gasteiger partial charge in [0.2, 0.25) is 0 Å². The molecule has 0 aromatic rings. The third-order valence-corrected chi connectivity index (χ3v) is 3.04. The summed E-state index contributed by atoms with van der Waals surface area (Å²) >= 11 is -2.12. The molecule has 0 rings (SSSR count). The van der Waals surface area contributed by atoms with Crippen LogP contribution in [0.1, 0.15) is 41.0 Å². The van der Waals surface area contributed by atoms with Crippen LogP contribution in [0.25, 0.3) is 0 Å². The molecule has 12 heavy (non-hydrogen) atoms. The van der Waals surface area contributed by atoms with Gasteiger partial charge in [-0.15, -0.1) is 0 Å². The first-order valence-electron chi connectivity index (χ1n) is 4.19. The Kier molecular flexibility index (Phi) is 4.37. The summed E-state index contributed by atoms with van der Waals surface area (Å²) in [6, 6.07) is 0.0725. The van der Waals surface area contributed by atoms with Gasteiger partial charge in [-0.25, -0.2) is 4.31 Å². The summed E-state index contributed by atoms with van der Waals surface area (Å²) in [4.78, 5) is 0. The fourth-order valence-electron chi connectivity index (χ4n) is 1.20. The van der Waals surface area contributed by atoms with Crippen molar-refractivity contribution in [3.05, 3.63) is 0 Å². The second kappa shape index (κ2) is 4.35. The molecule has 0 aromatic heterocycles. The minimum absolute atomic E-state index is 0.0725. The van der Waals surface area contributed by atoms with Gasteiger partial charge >= 0.3 is 0 Å². The molecule has 0 heterocycles. The lowest BCUT2D eigenvalue weighted by atomic mass is 10.1. The lowest BCUT2D eigenvalue weighted by Crippen LogP contribution is -2.47. The summed E-state index contributed by atoms with van der Waals surface area (Å²) in [5.41, 5.74) is -0.317. The number of hydrogen-bond acceptors (Lipinski definition) is 2. The number of nitrogens with zero attached hydrogens (tertiary/aromatic N) is 1. The molecule has 0 aliphatic carbocycles. The maximum atomic E-state index is 10.9. The van der Waals surface area contributed by atoms with Crippen molar-refractivity contribution in [3.63, 3.8) is 0 Å². The van der Waals surface area contributed by atoms with Gasteiger partial charge in [0.05, 0.1) is 0 Å². The molecule has 74 valence electrons. The summed E-state index contributed by atoms with van der Waals surface area (Å²) < 4.78 is 23.2. The molecule has 0 aliphatic heterocycles. The van der Waals surface area contributed by atoms with E-state index in [4.69, 9.17) is 0 Å². The zero-order valence-corrected chi connectivity index (χ0v) is 9.27. The average Bonchev–Trinajstić information content (AvgIpc) is 1.83. The Morgan fingerprint density at radius 1 is 1.50 bits per heavy atom. The predicted molar refractivity (Wildman–Crippen MR) is 50.3 cm³/mol. The minimum Gasteiger partial charge on any atom is -0.760 e. The summed E-state index contributed by atoms with van der Waals surface area (Å²) in [7, 11) is 0. The molecule has 0 fully saturated rings. The molecular formula is C8H18NO2S-. The molecule has 0 aliphatic rings. The molecule has 0 spiro atoms. The van der Waals surface area contributed by atoms with Crippen LogP contribution in [0, 0.1) is 0 Å². The molecule has 0 saturated carbocycles. The van der Waals surface area contributed by atoms with E-state index in [-0.39, 0.29) is 11.6 Å². The summed E-state index contributed by atoms with van der Waals surface area (Å²) in [6.07, 6.45) is 0.839. The van der Waals surface area contributed by atoms with Crippen molar-refractivity contribution in [2.45, 2.75) is 52.6 Å². The van der Waals surface area contributed by atoms with Gasteiger partial charge < -0.3 is 4.55 Å². The Labute approximate surface area is 77.6 Å². The third-order valence-electron chi connectivity index (χ3n) is 1.81. The van der Waals surface area contributed by atoms with Gasteiger partial charge in [0.1, 0.15) is 0 Å². The first kappa shape index (κ1) is 12.1. The standard InChI is InChI=1S/C8H19NO2S/c1-6-7(2)9(12(10)11)8(3,4)5/h7H,6H2,1-5H3,(H,10,11)/p-1. The SMILES string of the molecule is CCC(C)N(S(=O)[O-])C(C)(C)C. The van der Waals surface area contributed by atoms with Crippen molar-refractivity contribution < 1.29 is 8.76 Å². The minimum atomic E-state index is -2.12. The van der Waals surface area contributed by atoms with Crippen molar-refractivity contribution in [2.75, 3.05) is 0 Å². The van der Waals surface area contributed by atoms with E-state index in [1.54, 1.807) is 0 Å². The maximum absolute atomic E-state index is 10.9. The highest BCUT2D eigenvalue weighted by atomic mass is 32.2. The van der Waals surface area contributed by atoms with Gasteiger partial charge in [-0.1, -0.05) is 6.92 Å². The van der Waals surface area contributed by atoms with Crippen molar-refractivity contribution in [2.24, 2.45) is 0 Å². The van der Waals surface area contributed by atoms with Gasteiger partial charge in [0.25, 0.3) is 0 Å². The van der Waals surface area contributed by atoms with E-state index in [1.165, 1.54) is 4.31 Å². The maximum Gasteiger partial charge on any atom is 0.0244 e. The fraction of sp³-hybridized carbons (Fsp3) is 1.00. The van der Waals surface area contributed by atoms with Gasteiger partial charge in [-0.3, -0.25) is 4.21 Å². The van der Waals surface area contributed by atoms with Crippen LogP contribution in [0.5, 0.6) is 0 Å². The molecular weight excluding hydrogens is 174 g/mol. The summed E-state index contributed by atoms with van der Waals surface area (Å²) in [5.74, 6) is 0. The van der Waals surface area contributed by atoms with E-state index in [0.29, 0.717) is 0 Å². The molecule has 2 unspecified atom stereocenters. The Morgan fingerprint density at radius 2 is 1.92 bits per heavy atom. The van der Waals surface area contributed by atoms with Crippen molar-refractivity contribution in [1.82, 2.24) is 4.31 Å². The molecule has 0 N–H and O–H groups in total. The monoisotopic (exact) mass is 192 g/mol. The Bertz CT molecular complexity index is 165. The topological polar surface area (TPSA) is 43.4 Å². The first-order chi connectivity index (χ1) is 5.30. The quantitative estimate of drug-likeness (QED) is 0.638. The van der Waals surface area contributed by atoms with Crippen LogP contribution >= 0.6 is 0 Å². The van der Waals surface area contributed by atoms with E-state index >= 15 is 0 Å². The van der Waals surface area contributed by atoms with Crippen molar-refractivity contribution in [1.29, 1.82) is 0 Å². The molecule has 0 amide bonds. The Hall–Kier alpha value is 0.0700. The molecule has 2 atom stereocenters. The van der Waals surface area contributed by atoms with Gasteiger partial charge in [-0.05, 0) is 34.1 Å². The number of hydrogen-bond donors (Lipinski definition) is 0. The molecule has 0 aromatic carbocycles. The van der Waals surface area contributed by atoms with Crippen LogP contribution in [0.3, 0.4) is 0 Å². The van der Waals surface area contributed by atoms with Crippen molar-refractivity contribution in [3.8, 4) is 0 Å². The number of rotatable bonds is 3. The van der Waals surface area contributed by atoms with Gasteiger partial charge in [0, 0.05) is 22.8 Å². The second-order valence-electron chi connectivity index (χ2n) is 3.97. The van der Waals surface area contributed by atoms with Gasteiger partial charge in [0.15, 0.2) is 0 Å². The Morgan fingerprint density at radius 3 is 2.00 bits per heavy atom. The van der Waals surface area contributed by atoms with E-state index in [0.717, 1.165) is 6.42 Å². The highest BCUT2D eigenvalue weighted by Gasteiger charge is 2.25. The van der Waals surface area contributed by atoms with E-state index in [1.807, 2.05) is 34.6 Å². The van der Waals surface area contributed by atoms with Crippen LogP contribution in [-0.2, 0) is 11.3 Å². The largest absolute Gasteiger partial charge is 0.760 e. The Balaban J connectivity index is 4.56. The van der Waals surface area contributed by atoms with E-state index in [9.17, 15) is 8.76 Å².